The number of hydrogen-bond donors (Lipinski definition) is 0. The number of benzene rings is 1. The van der Waals surface area contributed by atoms with Gasteiger partial charge in [0.15, 0.2) is 5.78 Å². The van der Waals surface area contributed by atoms with Crippen molar-refractivity contribution < 1.29 is 9.53 Å². The molecule has 0 aromatic heterocycles. The number of allylic oxidation sites excluding steroid dienone is 5. The second-order valence-corrected chi connectivity index (χ2v) is 6.48. The Labute approximate surface area is 135 Å². The van der Waals surface area contributed by atoms with E-state index in [2.05, 4.69) is 11.1 Å². The van der Waals surface area contributed by atoms with Crippen LogP contribution < -0.4 is 4.74 Å². The van der Waals surface area contributed by atoms with Crippen LogP contribution in [0.1, 0.15) is 25.0 Å². The van der Waals surface area contributed by atoms with Gasteiger partial charge < -0.3 is 4.74 Å². The van der Waals surface area contributed by atoms with Crippen molar-refractivity contribution in [2.75, 3.05) is 0 Å². The highest BCUT2D eigenvalue weighted by Crippen LogP contribution is 2.34. The molecule has 1 aliphatic carbocycles. The quantitative estimate of drug-likeness (QED) is 0.787. The lowest BCUT2D eigenvalue weighted by Crippen LogP contribution is -2.27. The molecular weight excluding hydrogens is 286 g/mol. The van der Waals surface area contributed by atoms with Crippen molar-refractivity contribution in [3.8, 4) is 5.75 Å². The van der Waals surface area contributed by atoms with Gasteiger partial charge in [0.25, 0.3) is 0 Å². The van der Waals surface area contributed by atoms with E-state index in [-0.39, 0.29) is 17.3 Å². The van der Waals surface area contributed by atoms with Crippen LogP contribution in [0.2, 0.25) is 0 Å². The molecule has 2 aliphatic heterocycles. The van der Waals surface area contributed by atoms with Gasteiger partial charge in [0, 0.05) is 17.2 Å². The Morgan fingerprint density at radius 1 is 1.17 bits per heavy atom. The van der Waals surface area contributed by atoms with Crippen molar-refractivity contribution in [3.05, 3.63) is 65.8 Å². The number of ether oxygens (including phenoxy) is 1. The summed E-state index contributed by atoms with van der Waals surface area (Å²) >= 11 is 0. The minimum atomic E-state index is -0.290. The lowest BCUT2D eigenvalue weighted by atomic mass is 9.90. The van der Waals surface area contributed by atoms with Crippen LogP contribution >= 0.6 is 0 Å². The van der Waals surface area contributed by atoms with Crippen LogP contribution in [0.15, 0.2) is 59.6 Å². The van der Waals surface area contributed by atoms with Crippen molar-refractivity contribution in [2.45, 2.75) is 19.4 Å². The normalized spacial score (nSPS) is 23.6. The number of hydrogen-bond acceptors (Lipinski definition) is 3. The second kappa shape index (κ2) is 4.92. The SMILES string of the molecule is CC1(C)C=Cc2cc(C3=CC(=O)C4C=CC=CC4=N3)ccc2O1. The third-order valence-corrected chi connectivity index (χ3v) is 4.18. The van der Waals surface area contributed by atoms with E-state index in [1.54, 1.807) is 6.08 Å². The second-order valence-electron chi connectivity index (χ2n) is 6.48. The number of fused-ring (bicyclic) bond motifs is 2. The lowest BCUT2D eigenvalue weighted by molar-refractivity contribution is -0.115. The summed E-state index contributed by atoms with van der Waals surface area (Å²) in [4.78, 5) is 17.0. The van der Waals surface area contributed by atoms with E-state index in [0.29, 0.717) is 5.70 Å². The number of ketones is 1. The fourth-order valence-electron chi connectivity index (χ4n) is 2.96. The summed E-state index contributed by atoms with van der Waals surface area (Å²) in [6.07, 6.45) is 13.3. The van der Waals surface area contributed by atoms with Gasteiger partial charge in [-0.3, -0.25) is 9.79 Å². The number of carbonyl (C=O) groups is 1. The lowest BCUT2D eigenvalue weighted by Gasteiger charge is -2.28. The van der Waals surface area contributed by atoms with Crippen LogP contribution in [-0.2, 0) is 4.79 Å². The Hall–Kier alpha value is -2.68. The van der Waals surface area contributed by atoms with E-state index in [4.69, 9.17) is 4.74 Å². The fraction of sp³-hybridized carbons (Fsp3) is 0.200. The first-order valence-corrected chi connectivity index (χ1v) is 7.74. The Morgan fingerprint density at radius 3 is 2.91 bits per heavy atom. The monoisotopic (exact) mass is 303 g/mol. The van der Waals surface area contributed by atoms with Crippen molar-refractivity contribution in [1.29, 1.82) is 0 Å². The highest BCUT2D eigenvalue weighted by atomic mass is 16.5. The van der Waals surface area contributed by atoms with Crippen LogP contribution in [-0.4, -0.2) is 17.1 Å². The molecule has 2 heterocycles. The molecular formula is C20H17NO2. The number of carbonyl (C=O) groups excluding carboxylic acids is 1. The van der Waals surface area contributed by atoms with Crippen molar-refractivity contribution >= 4 is 23.3 Å². The first kappa shape index (κ1) is 13.9. The van der Waals surface area contributed by atoms with Crippen LogP contribution in [0.3, 0.4) is 0 Å². The molecule has 0 radical (unpaired) electrons. The van der Waals surface area contributed by atoms with Gasteiger partial charge in [-0.1, -0.05) is 24.3 Å². The summed E-state index contributed by atoms with van der Waals surface area (Å²) < 4.78 is 5.94. The highest BCUT2D eigenvalue weighted by molar-refractivity contribution is 6.21. The average molecular weight is 303 g/mol. The minimum Gasteiger partial charge on any atom is -0.483 e. The van der Waals surface area contributed by atoms with Gasteiger partial charge >= 0.3 is 0 Å². The third-order valence-electron chi connectivity index (χ3n) is 4.18. The number of rotatable bonds is 1. The molecule has 0 saturated carbocycles. The Balaban J connectivity index is 1.73. The van der Waals surface area contributed by atoms with Crippen LogP contribution in [0, 0.1) is 5.92 Å². The average Bonchev–Trinajstić information content (AvgIpc) is 2.53. The number of nitrogens with zero attached hydrogens (tertiary/aromatic N) is 1. The summed E-state index contributed by atoms with van der Waals surface area (Å²) in [5, 5.41) is 0. The van der Waals surface area contributed by atoms with E-state index in [9.17, 15) is 4.79 Å². The molecule has 3 aliphatic rings. The Kier molecular flexibility index (Phi) is 2.98. The summed E-state index contributed by atoms with van der Waals surface area (Å²) in [5.74, 6) is 0.705. The van der Waals surface area contributed by atoms with Crippen molar-refractivity contribution in [3.63, 3.8) is 0 Å². The van der Waals surface area contributed by atoms with E-state index in [1.165, 1.54) is 0 Å². The molecule has 114 valence electrons. The predicted molar refractivity (Wildman–Crippen MR) is 92.4 cm³/mol. The third kappa shape index (κ3) is 2.48. The Bertz CT molecular complexity index is 850. The van der Waals surface area contributed by atoms with Gasteiger partial charge in [-0.15, -0.1) is 0 Å². The Morgan fingerprint density at radius 2 is 2.04 bits per heavy atom. The van der Waals surface area contributed by atoms with Gasteiger partial charge in [0.05, 0.1) is 17.3 Å². The molecule has 1 unspecified atom stereocenters. The zero-order chi connectivity index (χ0) is 16.0. The van der Waals surface area contributed by atoms with Gasteiger partial charge in [-0.05, 0) is 44.2 Å². The van der Waals surface area contributed by atoms with Gasteiger partial charge in [0.1, 0.15) is 11.4 Å². The number of aliphatic imine (C=N–C) groups is 1. The maximum atomic E-state index is 12.3. The molecule has 23 heavy (non-hydrogen) atoms. The molecule has 0 amide bonds. The van der Waals surface area contributed by atoms with Crippen molar-refractivity contribution in [1.82, 2.24) is 0 Å². The van der Waals surface area contributed by atoms with Crippen LogP contribution in [0.25, 0.3) is 11.8 Å². The van der Waals surface area contributed by atoms with Gasteiger partial charge in [-0.2, -0.15) is 0 Å². The molecule has 0 N–H and O–H groups in total. The van der Waals surface area contributed by atoms with Gasteiger partial charge in [0.2, 0.25) is 0 Å². The maximum Gasteiger partial charge on any atom is 0.170 e. The van der Waals surface area contributed by atoms with E-state index in [0.717, 1.165) is 22.6 Å². The van der Waals surface area contributed by atoms with E-state index >= 15 is 0 Å². The van der Waals surface area contributed by atoms with Crippen molar-refractivity contribution in [2.24, 2.45) is 10.9 Å². The summed E-state index contributed by atoms with van der Waals surface area (Å²) in [6.45, 7) is 4.05. The molecule has 0 spiro atoms. The smallest absolute Gasteiger partial charge is 0.170 e. The molecule has 1 atom stereocenters. The summed E-state index contributed by atoms with van der Waals surface area (Å²) in [5.41, 5.74) is 3.17. The van der Waals surface area contributed by atoms with Crippen LogP contribution in [0.4, 0.5) is 0 Å². The highest BCUT2D eigenvalue weighted by Gasteiger charge is 2.26. The fourth-order valence-corrected chi connectivity index (χ4v) is 2.96. The van der Waals surface area contributed by atoms with Gasteiger partial charge in [-0.25, -0.2) is 0 Å². The first-order chi connectivity index (χ1) is 11.0. The molecule has 1 aromatic carbocycles. The van der Waals surface area contributed by atoms with E-state index < -0.39 is 0 Å². The molecule has 4 rings (SSSR count). The molecule has 3 heteroatoms. The minimum absolute atomic E-state index is 0.0799. The molecule has 0 bridgehead atoms. The zero-order valence-corrected chi connectivity index (χ0v) is 13.1. The maximum absolute atomic E-state index is 12.3. The predicted octanol–water partition coefficient (Wildman–Crippen LogP) is 3.98. The standard InChI is InChI=1S/C20H17NO2/c1-20(2)10-9-14-11-13(7-8-19(14)23-20)17-12-18(22)15-5-3-4-6-16(15)21-17/h3-12,15H,1-2H3. The summed E-state index contributed by atoms with van der Waals surface area (Å²) in [7, 11) is 0. The topological polar surface area (TPSA) is 38.7 Å². The first-order valence-electron chi connectivity index (χ1n) is 7.74. The molecule has 0 fully saturated rings. The molecule has 3 nitrogen and oxygen atoms in total. The zero-order valence-electron chi connectivity index (χ0n) is 13.1. The molecule has 0 saturated heterocycles. The van der Waals surface area contributed by atoms with Crippen LogP contribution in [0.5, 0.6) is 5.75 Å². The van der Waals surface area contributed by atoms with E-state index in [1.807, 2.05) is 62.4 Å². The largest absolute Gasteiger partial charge is 0.483 e. The summed E-state index contributed by atoms with van der Waals surface area (Å²) in [6, 6.07) is 5.93. The molecule has 1 aromatic rings.